The van der Waals surface area contributed by atoms with Crippen molar-refractivity contribution in [1.82, 2.24) is 5.32 Å². The molecule has 0 atom stereocenters. The molecule has 0 unspecified atom stereocenters. The number of amides is 1. The summed E-state index contributed by atoms with van der Waals surface area (Å²) in [4.78, 5) is 16.7. The molecule has 4 nitrogen and oxygen atoms in total. The average Bonchev–Trinajstić information content (AvgIpc) is 3.04. The van der Waals surface area contributed by atoms with Gasteiger partial charge in [-0.2, -0.15) is 0 Å². The number of para-hydroxylation sites is 1. The first-order valence-corrected chi connectivity index (χ1v) is 8.97. The second kappa shape index (κ2) is 8.13. The van der Waals surface area contributed by atoms with E-state index in [4.69, 9.17) is 4.74 Å². The monoisotopic (exact) mass is 342 g/mol. The minimum Gasteiger partial charge on any atom is -0.378 e. The number of hydrogen-bond donors (Lipinski definition) is 1. The maximum Gasteiger partial charge on any atom is 0.244 e. The summed E-state index contributed by atoms with van der Waals surface area (Å²) >= 11 is 1.68. The van der Waals surface area contributed by atoms with Gasteiger partial charge in [0.2, 0.25) is 5.91 Å². The molecule has 3 rings (SSSR count). The number of morpholine rings is 1. The fourth-order valence-corrected chi connectivity index (χ4v) is 3.50. The second-order valence-corrected chi connectivity index (χ2v) is 7.05. The van der Waals surface area contributed by atoms with Gasteiger partial charge in [-0.25, -0.2) is 0 Å². The summed E-state index contributed by atoms with van der Waals surface area (Å²) in [5.41, 5.74) is 2.31. The molecule has 1 aromatic heterocycles. The molecular formula is C19H22N2O2S. The van der Waals surface area contributed by atoms with Crippen molar-refractivity contribution < 1.29 is 9.53 Å². The Morgan fingerprint density at radius 3 is 2.79 bits per heavy atom. The number of ether oxygens (including phenoxy) is 1. The van der Waals surface area contributed by atoms with Gasteiger partial charge in [0.1, 0.15) is 0 Å². The summed E-state index contributed by atoms with van der Waals surface area (Å²) in [6.07, 6.45) is 3.46. The minimum absolute atomic E-state index is 0.0715. The summed E-state index contributed by atoms with van der Waals surface area (Å²) in [7, 11) is 0. The molecule has 24 heavy (non-hydrogen) atoms. The molecule has 5 heteroatoms. The standard InChI is InChI=1S/C19H22N2O2S/c1-15-6-7-17(24-15)8-9-19(22)20-14-16-4-2-3-5-18(16)21-10-12-23-13-11-21/h2-9H,10-14H2,1H3,(H,20,22). The Labute approximate surface area is 146 Å². The topological polar surface area (TPSA) is 41.6 Å². The van der Waals surface area contributed by atoms with Crippen LogP contribution in [0.1, 0.15) is 15.3 Å². The fraction of sp³-hybridized carbons (Fsp3) is 0.316. The van der Waals surface area contributed by atoms with Gasteiger partial charge in [0.05, 0.1) is 13.2 Å². The number of anilines is 1. The van der Waals surface area contributed by atoms with E-state index >= 15 is 0 Å². The number of thiophene rings is 1. The number of hydrogen-bond acceptors (Lipinski definition) is 4. The third kappa shape index (κ3) is 4.46. The highest BCUT2D eigenvalue weighted by molar-refractivity contribution is 7.12. The van der Waals surface area contributed by atoms with E-state index in [-0.39, 0.29) is 5.91 Å². The molecule has 0 spiro atoms. The van der Waals surface area contributed by atoms with Gasteiger partial charge in [0.15, 0.2) is 0 Å². The number of nitrogens with zero attached hydrogens (tertiary/aromatic N) is 1. The van der Waals surface area contributed by atoms with Crippen LogP contribution in [0.5, 0.6) is 0 Å². The summed E-state index contributed by atoms with van der Waals surface area (Å²) in [5, 5.41) is 2.98. The van der Waals surface area contributed by atoms with E-state index in [1.807, 2.05) is 24.3 Å². The predicted octanol–water partition coefficient (Wildman–Crippen LogP) is 3.22. The van der Waals surface area contributed by atoms with Crippen LogP contribution in [0.4, 0.5) is 5.69 Å². The normalized spacial score (nSPS) is 15.0. The van der Waals surface area contributed by atoms with Crippen LogP contribution >= 0.6 is 11.3 Å². The fourth-order valence-electron chi connectivity index (χ4n) is 2.72. The van der Waals surface area contributed by atoms with Gasteiger partial charge in [-0.3, -0.25) is 4.79 Å². The van der Waals surface area contributed by atoms with Crippen LogP contribution in [0.15, 0.2) is 42.5 Å². The highest BCUT2D eigenvalue weighted by atomic mass is 32.1. The highest BCUT2D eigenvalue weighted by Gasteiger charge is 2.14. The maximum absolute atomic E-state index is 12.1. The smallest absolute Gasteiger partial charge is 0.244 e. The van der Waals surface area contributed by atoms with Crippen molar-refractivity contribution >= 4 is 29.0 Å². The molecule has 0 aliphatic carbocycles. The summed E-state index contributed by atoms with van der Waals surface area (Å²) < 4.78 is 5.42. The van der Waals surface area contributed by atoms with Gasteiger partial charge in [0.25, 0.3) is 0 Å². The van der Waals surface area contributed by atoms with Crippen molar-refractivity contribution in [2.75, 3.05) is 31.2 Å². The third-order valence-electron chi connectivity index (χ3n) is 3.96. The molecule has 1 amide bonds. The third-order valence-corrected chi connectivity index (χ3v) is 4.92. The molecule has 126 valence electrons. The zero-order chi connectivity index (χ0) is 16.8. The second-order valence-electron chi connectivity index (χ2n) is 5.73. The van der Waals surface area contributed by atoms with Gasteiger partial charge >= 0.3 is 0 Å². The Hall–Kier alpha value is -2.11. The van der Waals surface area contributed by atoms with Gasteiger partial charge in [-0.15, -0.1) is 11.3 Å². The van der Waals surface area contributed by atoms with E-state index < -0.39 is 0 Å². The van der Waals surface area contributed by atoms with E-state index in [0.717, 1.165) is 36.7 Å². The van der Waals surface area contributed by atoms with E-state index in [1.165, 1.54) is 10.6 Å². The highest BCUT2D eigenvalue weighted by Crippen LogP contribution is 2.21. The van der Waals surface area contributed by atoms with E-state index in [1.54, 1.807) is 17.4 Å². The molecule has 0 bridgehead atoms. The van der Waals surface area contributed by atoms with Crippen LogP contribution in [-0.2, 0) is 16.1 Å². The zero-order valence-corrected chi connectivity index (χ0v) is 14.6. The number of carbonyl (C=O) groups is 1. The molecule has 0 radical (unpaired) electrons. The largest absolute Gasteiger partial charge is 0.378 e. The van der Waals surface area contributed by atoms with Crippen molar-refractivity contribution in [2.45, 2.75) is 13.5 Å². The average molecular weight is 342 g/mol. The van der Waals surface area contributed by atoms with Crippen LogP contribution in [0.2, 0.25) is 0 Å². The summed E-state index contributed by atoms with van der Waals surface area (Å²) in [6.45, 7) is 5.88. The number of nitrogens with one attached hydrogen (secondary N) is 1. The minimum atomic E-state index is -0.0715. The van der Waals surface area contributed by atoms with E-state index in [2.05, 4.69) is 35.3 Å². The maximum atomic E-state index is 12.1. The number of rotatable bonds is 5. The molecule has 1 fully saturated rings. The Bertz CT molecular complexity index is 718. The first kappa shape index (κ1) is 16.7. The molecule has 0 saturated carbocycles. The van der Waals surface area contributed by atoms with Crippen molar-refractivity contribution in [2.24, 2.45) is 0 Å². The lowest BCUT2D eigenvalue weighted by Crippen LogP contribution is -2.37. The number of aryl methyl sites for hydroxylation is 1. The Kier molecular flexibility index (Phi) is 5.67. The van der Waals surface area contributed by atoms with E-state index in [0.29, 0.717) is 6.54 Å². The molecule has 2 heterocycles. The summed E-state index contributed by atoms with van der Waals surface area (Å²) in [5.74, 6) is -0.0715. The first-order chi connectivity index (χ1) is 11.7. The van der Waals surface area contributed by atoms with Crippen molar-refractivity contribution in [3.8, 4) is 0 Å². The lowest BCUT2D eigenvalue weighted by molar-refractivity contribution is -0.116. The summed E-state index contributed by atoms with van der Waals surface area (Å²) in [6, 6.07) is 12.3. The molecule has 1 N–H and O–H groups in total. The predicted molar refractivity (Wildman–Crippen MR) is 99.4 cm³/mol. The zero-order valence-electron chi connectivity index (χ0n) is 13.8. The van der Waals surface area contributed by atoms with Crippen molar-refractivity contribution in [3.05, 3.63) is 57.8 Å². The molecular weight excluding hydrogens is 320 g/mol. The van der Waals surface area contributed by atoms with Gasteiger partial charge in [0, 0.05) is 41.2 Å². The quantitative estimate of drug-likeness (QED) is 0.848. The lowest BCUT2D eigenvalue weighted by atomic mass is 10.1. The Morgan fingerprint density at radius 1 is 1.25 bits per heavy atom. The Morgan fingerprint density at radius 2 is 2.04 bits per heavy atom. The van der Waals surface area contributed by atoms with Crippen LogP contribution in [0.3, 0.4) is 0 Å². The van der Waals surface area contributed by atoms with Crippen LogP contribution < -0.4 is 10.2 Å². The number of carbonyl (C=O) groups excluding carboxylic acids is 1. The molecule has 1 aromatic carbocycles. The van der Waals surface area contributed by atoms with Gasteiger partial charge in [-0.1, -0.05) is 18.2 Å². The van der Waals surface area contributed by atoms with Gasteiger partial charge in [-0.05, 0) is 36.8 Å². The van der Waals surface area contributed by atoms with Crippen molar-refractivity contribution in [1.29, 1.82) is 0 Å². The lowest BCUT2D eigenvalue weighted by Gasteiger charge is -2.30. The van der Waals surface area contributed by atoms with Crippen LogP contribution in [0.25, 0.3) is 6.08 Å². The van der Waals surface area contributed by atoms with E-state index in [9.17, 15) is 4.79 Å². The van der Waals surface area contributed by atoms with Crippen molar-refractivity contribution in [3.63, 3.8) is 0 Å². The molecule has 1 aliphatic heterocycles. The number of benzene rings is 1. The van der Waals surface area contributed by atoms with Gasteiger partial charge < -0.3 is 15.0 Å². The van der Waals surface area contributed by atoms with Crippen LogP contribution in [-0.4, -0.2) is 32.2 Å². The molecule has 2 aromatic rings. The van der Waals surface area contributed by atoms with Crippen LogP contribution in [0, 0.1) is 6.92 Å². The first-order valence-electron chi connectivity index (χ1n) is 8.15. The Balaban J connectivity index is 1.60. The SMILES string of the molecule is Cc1ccc(C=CC(=O)NCc2ccccc2N2CCOCC2)s1. The molecule has 1 saturated heterocycles. The molecule has 1 aliphatic rings.